The van der Waals surface area contributed by atoms with Crippen molar-refractivity contribution in [3.8, 4) is 0 Å². The molecule has 0 spiro atoms. The molecule has 0 saturated heterocycles. The smallest absolute Gasteiger partial charge is 1.00 e. The van der Waals surface area contributed by atoms with Crippen LogP contribution in [0.1, 0.15) is 0 Å². The van der Waals surface area contributed by atoms with Crippen molar-refractivity contribution in [1.29, 1.82) is 0 Å². The van der Waals surface area contributed by atoms with Crippen LogP contribution in [0.2, 0.25) is 39.3 Å². The summed E-state index contributed by atoms with van der Waals surface area (Å²) >= 11 is 0. The van der Waals surface area contributed by atoms with E-state index in [0.717, 1.165) is 12.3 Å². The van der Waals surface area contributed by atoms with E-state index in [2.05, 4.69) is 50.7 Å². The fraction of sp³-hybridized carbons (Fsp3) is 1.00. The first-order valence-corrected chi connectivity index (χ1v) is 12.1. The van der Waals surface area contributed by atoms with Gasteiger partial charge in [0.2, 0.25) is 0 Å². The predicted octanol–water partition coefficient (Wildman–Crippen LogP) is -5.78. The quantitative estimate of drug-likeness (QED) is 0.375. The third kappa shape index (κ3) is 49.9. The second-order valence-corrected chi connectivity index (χ2v) is 16.9. The van der Waals surface area contributed by atoms with Gasteiger partial charge in [0.05, 0.1) is 12.3 Å². The van der Waals surface area contributed by atoms with Crippen LogP contribution in [0.15, 0.2) is 0 Å². The van der Waals surface area contributed by atoms with Gasteiger partial charge in [-0.2, -0.15) is 0 Å². The summed E-state index contributed by atoms with van der Waals surface area (Å²) in [6, 6.07) is 0. The molecule has 7 heteroatoms. The first-order valence-electron chi connectivity index (χ1n) is 4.71. The van der Waals surface area contributed by atoms with Gasteiger partial charge in [0.25, 0.3) is 0 Å². The molecular formula is C8H28Cl2N2PtSi2+2. The Morgan fingerprint density at radius 1 is 0.667 bits per heavy atom. The minimum Gasteiger partial charge on any atom is -1.00 e. The summed E-state index contributed by atoms with van der Waals surface area (Å²) in [4.78, 5) is 0. The van der Waals surface area contributed by atoms with Crippen molar-refractivity contribution in [2.24, 2.45) is 0 Å². The maximum absolute atomic E-state index is 3.82. The zero-order valence-electron chi connectivity index (χ0n) is 10.9. The van der Waals surface area contributed by atoms with Crippen molar-refractivity contribution in [2.75, 3.05) is 12.3 Å². The molecule has 0 aliphatic heterocycles. The minimum absolute atomic E-state index is 0. The van der Waals surface area contributed by atoms with Gasteiger partial charge < -0.3 is 36.3 Å². The Hall–Kier alpha value is 1.62. The molecule has 0 heterocycles. The maximum atomic E-state index is 3.82. The molecule has 0 atom stereocenters. The second kappa shape index (κ2) is 13.7. The Kier molecular flexibility index (Phi) is 27.4. The normalized spacial score (nSPS) is 9.60. The molecule has 0 aliphatic rings. The van der Waals surface area contributed by atoms with Gasteiger partial charge in [0.1, 0.15) is 16.1 Å². The molecule has 2 nitrogen and oxygen atoms in total. The number of quaternary nitrogens is 2. The van der Waals surface area contributed by atoms with Gasteiger partial charge in [0.15, 0.2) is 0 Å². The van der Waals surface area contributed by atoms with Crippen LogP contribution in [0.25, 0.3) is 0 Å². The molecule has 0 amide bonds. The van der Waals surface area contributed by atoms with Crippen LogP contribution in [0.3, 0.4) is 0 Å². The van der Waals surface area contributed by atoms with Gasteiger partial charge in [-0.05, 0) is 0 Å². The number of rotatable bonds is 2. The van der Waals surface area contributed by atoms with Crippen molar-refractivity contribution in [1.82, 2.24) is 0 Å². The summed E-state index contributed by atoms with van der Waals surface area (Å²) < 4.78 is 0. The summed E-state index contributed by atoms with van der Waals surface area (Å²) in [5, 5.41) is 0. The standard InChI is InChI=1S/2C4H13NSi.2ClH.Pt/c2*1-6(2,3)4-5;;;/h2*4-5H2,1-3H3;2*1H;/q;;;;+2. The van der Waals surface area contributed by atoms with E-state index in [-0.39, 0.29) is 45.9 Å². The molecule has 0 bridgehead atoms. The van der Waals surface area contributed by atoms with E-state index < -0.39 is 16.1 Å². The van der Waals surface area contributed by atoms with Crippen LogP contribution >= 0.6 is 0 Å². The SMILES string of the molecule is C[Si](C)(C)C[NH3+].C[Si](C)(C)C[NH3+].[Cl-].[Cl-].[Pt+2]. The van der Waals surface area contributed by atoms with Crippen LogP contribution in [0, 0.1) is 0 Å². The Morgan fingerprint density at radius 2 is 0.733 bits per heavy atom. The molecule has 6 N–H and O–H groups in total. The summed E-state index contributed by atoms with van der Waals surface area (Å²) in [5.74, 6) is 0. The van der Waals surface area contributed by atoms with Crippen LogP contribution in [-0.4, -0.2) is 28.5 Å². The van der Waals surface area contributed by atoms with Crippen molar-refractivity contribution >= 4 is 16.1 Å². The average molecular weight is 474 g/mol. The molecule has 0 aromatic rings. The number of halogens is 2. The first kappa shape index (κ1) is 30.0. The molecule has 0 aromatic carbocycles. The van der Waals surface area contributed by atoms with E-state index in [1.807, 2.05) is 0 Å². The Balaban J connectivity index is -0.0000000370. The zero-order valence-corrected chi connectivity index (χ0v) is 16.7. The van der Waals surface area contributed by atoms with E-state index >= 15 is 0 Å². The molecular weight excluding hydrogens is 446 g/mol. The molecule has 100 valence electrons. The Bertz CT molecular complexity index is 102. The molecule has 0 fully saturated rings. The minimum atomic E-state index is -0.742. The van der Waals surface area contributed by atoms with Gasteiger partial charge in [-0.15, -0.1) is 0 Å². The van der Waals surface area contributed by atoms with E-state index in [1.54, 1.807) is 0 Å². The topological polar surface area (TPSA) is 55.3 Å². The van der Waals surface area contributed by atoms with Crippen LogP contribution in [0.5, 0.6) is 0 Å². The molecule has 15 heavy (non-hydrogen) atoms. The van der Waals surface area contributed by atoms with Crippen molar-refractivity contribution < 1.29 is 57.3 Å². The largest absolute Gasteiger partial charge is 2.00 e. The maximum Gasteiger partial charge on any atom is 2.00 e. The van der Waals surface area contributed by atoms with Crippen molar-refractivity contribution in [3.05, 3.63) is 0 Å². The van der Waals surface area contributed by atoms with Gasteiger partial charge in [-0.25, -0.2) is 0 Å². The molecule has 0 unspecified atom stereocenters. The van der Waals surface area contributed by atoms with Gasteiger partial charge >= 0.3 is 21.1 Å². The second-order valence-electron chi connectivity index (χ2n) is 5.62. The summed E-state index contributed by atoms with van der Waals surface area (Å²) in [6.45, 7) is 13.9. The van der Waals surface area contributed by atoms with Crippen LogP contribution in [-0.2, 0) is 21.1 Å². The molecule has 0 saturated carbocycles. The zero-order chi connectivity index (χ0) is 10.4. The van der Waals surface area contributed by atoms with E-state index in [9.17, 15) is 0 Å². The molecule has 0 aromatic heterocycles. The van der Waals surface area contributed by atoms with E-state index in [4.69, 9.17) is 0 Å². The third-order valence-electron chi connectivity index (χ3n) is 1.50. The predicted molar refractivity (Wildman–Crippen MR) is 62.2 cm³/mol. The Labute approximate surface area is 124 Å². The van der Waals surface area contributed by atoms with Crippen molar-refractivity contribution in [3.63, 3.8) is 0 Å². The fourth-order valence-electron chi connectivity index (χ4n) is 0. The summed E-state index contributed by atoms with van der Waals surface area (Å²) in [7, 11) is -1.48. The molecule has 0 aliphatic carbocycles. The number of hydrogen-bond acceptors (Lipinski definition) is 0. The summed E-state index contributed by atoms with van der Waals surface area (Å²) in [6.07, 6.45) is 2.32. The van der Waals surface area contributed by atoms with Gasteiger partial charge in [-0.1, -0.05) is 39.3 Å². The number of hydrogen-bond donors (Lipinski definition) is 2. The molecule has 0 radical (unpaired) electrons. The summed E-state index contributed by atoms with van der Waals surface area (Å²) in [5.41, 5.74) is 7.64. The first-order chi connectivity index (χ1) is 5.12. The molecule has 0 rings (SSSR count). The average Bonchev–Trinajstić information content (AvgIpc) is 1.86. The van der Waals surface area contributed by atoms with Crippen LogP contribution in [0.4, 0.5) is 0 Å². The van der Waals surface area contributed by atoms with Gasteiger partial charge in [0, 0.05) is 0 Å². The van der Waals surface area contributed by atoms with Crippen molar-refractivity contribution in [2.45, 2.75) is 39.3 Å². The third-order valence-corrected chi connectivity index (χ3v) is 4.50. The van der Waals surface area contributed by atoms with E-state index in [1.165, 1.54) is 0 Å². The fourth-order valence-corrected chi connectivity index (χ4v) is 0. The monoisotopic (exact) mass is 473 g/mol. The Morgan fingerprint density at radius 3 is 0.733 bits per heavy atom. The van der Waals surface area contributed by atoms with E-state index in [0.29, 0.717) is 0 Å². The van der Waals surface area contributed by atoms with Gasteiger partial charge in [-0.3, -0.25) is 0 Å². The van der Waals surface area contributed by atoms with Crippen LogP contribution < -0.4 is 36.3 Å².